The normalized spacial score (nSPS) is 18.5. The minimum atomic E-state index is -0.928. The topological polar surface area (TPSA) is 48.3 Å². The van der Waals surface area contributed by atoms with Crippen LogP contribution in [0.2, 0.25) is 0 Å². The van der Waals surface area contributed by atoms with Crippen molar-refractivity contribution in [2.45, 2.75) is 25.8 Å². The van der Waals surface area contributed by atoms with Gasteiger partial charge in [-0.2, -0.15) is 10.2 Å². The molecule has 182 valence electrons. The van der Waals surface area contributed by atoms with E-state index in [2.05, 4.69) is 74.5 Å². The Morgan fingerprint density at radius 3 is 1.95 bits per heavy atom. The molecule has 6 rings (SSSR count). The summed E-state index contributed by atoms with van der Waals surface area (Å²) in [5.74, 6) is -0.0715. The van der Waals surface area contributed by atoms with Crippen molar-refractivity contribution in [3.05, 3.63) is 131 Å². The molecule has 1 spiro atoms. The Kier molecular flexibility index (Phi) is 5.69. The average Bonchev–Trinajstić information content (AvgIpc) is 3.32. The quantitative estimate of drug-likeness (QED) is 0.306. The Bertz CT molecular complexity index is 1540. The second kappa shape index (κ2) is 9.05. The number of hydrogen-bond donors (Lipinski definition) is 0. The van der Waals surface area contributed by atoms with Crippen molar-refractivity contribution >= 4 is 39.7 Å². The van der Waals surface area contributed by atoms with Crippen LogP contribution in [0.5, 0.6) is 0 Å². The molecule has 0 fully saturated rings. The van der Waals surface area contributed by atoms with Crippen molar-refractivity contribution in [1.29, 1.82) is 0 Å². The van der Waals surface area contributed by atoms with Crippen LogP contribution >= 0.6 is 11.8 Å². The molecule has 0 saturated heterocycles. The van der Waals surface area contributed by atoms with Gasteiger partial charge in [-0.25, -0.2) is 10.0 Å². The first kappa shape index (κ1) is 23.3. The molecule has 37 heavy (non-hydrogen) atoms. The first-order valence-electron chi connectivity index (χ1n) is 12.2. The summed E-state index contributed by atoms with van der Waals surface area (Å²) in [6, 6.07) is 35.1. The molecule has 4 aromatic carbocycles. The number of carbonyl (C=O) groups is 1. The van der Waals surface area contributed by atoms with Gasteiger partial charge in [-0.3, -0.25) is 4.79 Å². The maximum atomic E-state index is 12.7. The number of rotatable bonds is 4. The number of anilines is 2. The minimum Gasteiger partial charge on any atom is -0.292 e. The van der Waals surface area contributed by atoms with Crippen molar-refractivity contribution in [3.8, 4) is 0 Å². The zero-order valence-corrected chi connectivity index (χ0v) is 21.7. The van der Waals surface area contributed by atoms with Gasteiger partial charge in [-0.1, -0.05) is 90.0 Å². The molecule has 1 unspecified atom stereocenters. The van der Waals surface area contributed by atoms with E-state index >= 15 is 0 Å². The number of thioether (sulfide) groups is 1. The maximum Gasteiger partial charge on any atom is 0.234 e. The molecule has 0 aromatic heterocycles. The zero-order chi connectivity index (χ0) is 25.6. The second-order valence-electron chi connectivity index (χ2n) is 9.33. The standard InChI is InChI=1S/C31H26N4OS/c1-21-13-17-24(18-14-21)29-27-11-7-8-12-28(27)31(34(32-29)25-9-5-4-6-10-25)35(33-30(37-31)23(3)36)26-19-15-22(2)16-20-26/h4-20H,1-3H3. The van der Waals surface area contributed by atoms with Crippen LogP contribution in [0.15, 0.2) is 113 Å². The SMILES string of the molecule is CC(=O)C1=NN(c2ccc(C)cc2)C2(S1)c1ccccc1C(c1ccc(C)cc1)=NN2c1ccccc1. The third-order valence-corrected chi connectivity index (χ3v) is 8.06. The highest BCUT2D eigenvalue weighted by atomic mass is 32.2. The van der Waals surface area contributed by atoms with Gasteiger partial charge in [0.05, 0.1) is 17.1 Å². The van der Waals surface area contributed by atoms with E-state index < -0.39 is 4.99 Å². The van der Waals surface area contributed by atoms with Gasteiger partial charge in [-0.05, 0) is 49.9 Å². The number of hydrogen-bond acceptors (Lipinski definition) is 6. The molecule has 2 heterocycles. The van der Waals surface area contributed by atoms with E-state index in [1.54, 1.807) is 6.92 Å². The predicted octanol–water partition coefficient (Wildman–Crippen LogP) is 6.84. The third kappa shape index (κ3) is 3.85. The lowest BCUT2D eigenvalue weighted by Gasteiger charge is -2.47. The fraction of sp³-hybridized carbons (Fsp3) is 0.129. The lowest BCUT2D eigenvalue weighted by atomic mass is 9.93. The number of para-hydroxylation sites is 1. The highest BCUT2D eigenvalue weighted by molar-refractivity contribution is 8.17. The first-order valence-corrected chi connectivity index (χ1v) is 13.1. The molecular weight excluding hydrogens is 476 g/mol. The summed E-state index contributed by atoms with van der Waals surface area (Å²) < 4.78 is 0. The second-order valence-corrected chi connectivity index (χ2v) is 10.5. The van der Waals surface area contributed by atoms with Crippen molar-refractivity contribution in [3.63, 3.8) is 0 Å². The summed E-state index contributed by atoms with van der Waals surface area (Å²) in [5.41, 5.74) is 8.10. The first-order chi connectivity index (χ1) is 18.0. The van der Waals surface area contributed by atoms with Crippen molar-refractivity contribution in [2.75, 3.05) is 10.0 Å². The molecular formula is C31H26N4OS. The van der Waals surface area contributed by atoms with Gasteiger partial charge in [0.25, 0.3) is 0 Å². The van der Waals surface area contributed by atoms with Gasteiger partial charge < -0.3 is 0 Å². The summed E-state index contributed by atoms with van der Waals surface area (Å²) in [6.07, 6.45) is 0. The molecule has 0 aliphatic carbocycles. The van der Waals surface area contributed by atoms with E-state index in [4.69, 9.17) is 10.2 Å². The number of aryl methyl sites for hydroxylation is 2. The fourth-order valence-electron chi connectivity index (χ4n) is 4.76. The highest BCUT2D eigenvalue weighted by Crippen LogP contribution is 2.55. The number of Topliss-reactive ketones (excluding diaryl/α,β-unsaturated/α-hetero) is 1. The third-order valence-electron chi connectivity index (χ3n) is 6.64. The van der Waals surface area contributed by atoms with Crippen molar-refractivity contribution < 1.29 is 4.79 Å². The number of ketones is 1. The van der Waals surface area contributed by atoms with Gasteiger partial charge >= 0.3 is 0 Å². The van der Waals surface area contributed by atoms with E-state index in [1.165, 1.54) is 17.3 Å². The van der Waals surface area contributed by atoms with E-state index in [9.17, 15) is 4.79 Å². The lowest BCUT2D eigenvalue weighted by molar-refractivity contribution is -0.110. The minimum absolute atomic E-state index is 0.0715. The molecule has 0 bridgehead atoms. The molecule has 0 saturated carbocycles. The summed E-state index contributed by atoms with van der Waals surface area (Å²) in [4.78, 5) is 11.8. The Morgan fingerprint density at radius 2 is 1.27 bits per heavy atom. The van der Waals surface area contributed by atoms with Crippen LogP contribution in [0.4, 0.5) is 11.4 Å². The van der Waals surface area contributed by atoms with Crippen molar-refractivity contribution in [1.82, 2.24) is 0 Å². The van der Waals surface area contributed by atoms with Gasteiger partial charge in [0.15, 0.2) is 10.8 Å². The van der Waals surface area contributed by atoms with Crippen LogP contribution in [0.1, 0.15) is 34.7 Å². The fourth-order valence-corrected chi connectivity index (χ4v) is 6.05. The van der Waals surface area contributed by atoms with E-state index in [0.29, 0.717) is 5.04 Å². The van der Waals surface area contributed by atoms with Crippen LogP contribution in [-0.4, -0.2) is 16.5 Å². The van der Waals surface area contributed by atoms with Gasteiger partial charge in [0, 0.05) is 23.6 Å². The van der Waals surface area contributed by atoms with Crippen LogP contribution in [0, 0.1) is 13.8 Å². The number of fused-ring (bicyclic) bond motifs is 2. The summed E-state index contributed by atoms with van der Waals surface area (Å²) in [7, 11) is 0. The Morgan fingerprint density at radius 1 is 0.703 bits per heavy atom. The lowest BCUT2D eigenvalue weighted by Crippen LogP contribution is -2.54. The zero-order valence-electron chi connectivity index (χ0n) is 20.9. The molecule has 4 aromatic rings. The van der Waals surface area contributed by atoms with Crippen LogP contribution in [0.3, 0.4) is 0 Å². The van der Waals surface area contributed by atoms with Crippen LogP contribution in [-0.2, 0) is 9.79 Å². The van der Waals surface area contributed by atoms with Gasteiger partial charge in [-0.15, -0.1) is 0 Å². The molecule has 2 aliphatic rings. The number of benzene rings is 4. The molecule has 1 atom stereocenters. The summed E-state index contributed by atoms with van der Waals surface area (Å²) >= 11 is 1.44. The Labute approximate surface area is 221 Å². The largest absolute Gasteiger partial charge is 0.292 e. The summed E-state index contributed by atoms with van der Waals surface area (Å²) in [5, 5.41) is 14.6. The highest BCUT2D eigenvalue weighted by Gasteiger charge is 2.55. The molecule has 2 aliphatic heterocycles. The van der Waals surface area contributed by atoms with Crippen LogP contribution < -0.4 is 10.0 Å². The molecule has 0 N–H and O–H groups in total. The number of hydrazone groups is 2. The monoisotopic (exact) mass is 502 g/mol. The van der Waals surface area contributed by atoms with E-state index in [0.717, 1.165) is 39.3 Å². The van der Waals surface area contributed by atoms with Crippen molar-refractivity contribution in [2.24, 2.45) is 10.2 Å². The molecule has 0 radical (unpaired) electrons. The Balaban J connectivity index is 1.66. The predicted molar refractivity (Wildman–Crippen MR) is 153 cm³/mol. The molecule has 0 amide bonds. The van der Waals surface area contributed by atoms with Gasteiger partial charge in [0.2, 0.25) is 4.99 Å². The Hall–Kier alpha value is -4.16. The number of nitrogens with zero attached hydrogens (tertiary/aromatic N) is 4. The molecule has 6 heteroatoms. The molecule has 5 nitrogen and oxygen atoms in total. The van der Waals surface area contributed by atoms with E-state index in [1.807, 2.05) is 52.5 Å². The average molecular weight is 503 g/mol. The summed E-state index contributed by atoms with van der Waals surface area (Å²) in [6.45, 7) is 5.72. The smallest absolute Gasteiger partial charge is 0.234 e. The van der Waals surface area contributed by atoms with E-state index in [-0.39, 0.29) is 5.78 Å². The maximum absolute atomic E-state index is 12.7. The van der Waals surface area contributed by atoms with Crippen LogP contribution in [0.25, 0.3) is 0 Å². The van der Waals surface area contributed by atoms with Gasteiger partial charge in [0.1, 0.15) is 0 Å². The number of carbonyl (C=O) groups excluding carboxylic acids is 1.